The Morgan fingerprint density at radius 2 is 1.86 bits per heavy atom. The normalized spacial score (nSPS) is 11.2. The van der Waals surface area contributed by atoms with Gasteiger partial charge in [0.1, 0.15) is 12.1 Å². The molecule has 0 fully saturated rings. The predicted molar refractivity (Wildman–Crippen MR) is 120 cm³/mol. The number of hydrogen-bond donors (Lipinski definition) is 2. The van der Waals surface area contributed by atoms with Crippen molar-refractivity contribution in [1.29, 1.82) is 0 Å². The summed E-state index contributed by atoms with van der Waals surface area (Å²) >= 11 is 1.69. The van der Waals surface area contributed by atoms with Crippen LogP contribution in [0.15, 0.2) is 78.2 Å². The molecule has 0 unspecified atom stereocenters. The molecule has 0 bridgehead atoms. The number of nitrogens with zero attached hydrogens (tertiary/aromatic N) is 3. The van der Waals surface area contributed by atoms with E-state index in [1.165, 1.54) is 11.1 Å². The van der Waals surface area contributed by atoms with Crippen LogP contribution >= 0.6 is 11.8 Å². The number of benzene rings is 3. The number of hydrogen-bond acceptors (Lipinski definition) is 5. The third-order valence-corrected chi connectivity index (χ3v) is 5.67. The number of para-hydroxylation sites is 2. The first-order chi connectivity index (χ1) is 14.2. The van der Waals surface area contributed by atoms with Gasteiger partial charge in [0.15, 0.2) is 5.16 Å². The molecule has 0 saturated carbocycles. The van der Waals surface area contributed by atoms with Crippen molar-refractivity contribution in [3.8, 4) is 0 Å². The van der Waals surface area contributed by atoms with Crippen LogP contribution in [0.5, 0.6) is 0 Å². The summed E-state index contributed by atoms with van der Waals surface area (Å²) < 4.78 is 0. The lowest BCUT2D eigenvalue weighted by atomic mass is 10.1. The van der Waals surface area contributed by atoms with E-state index in [1.807, 2.05) is 42.5 Å². The van der Waals surface area contributed by atoms with Crippen LogP contribution in [0.25, 0.3) is 21.9 Å². The lowest BCUT2D eigenvalue weighted by Gasteiger charge is -2.10. The highest BCUT2D eigenvalue weighted by Gasteiger charge is 2.08. The van der Waals surface area contributed by atoms with Gasteiger partial charge < -0.3 is 10.3 Å². The van der Waals surface area contributed by atoms with Crippen molar-refractivity contribution in [2.75, 3.05) is 5.32 Å². The number of imidazole rings is 1. The molecule has 142 valence electrons. The minimum atomic E-state index is 0.814. The van der Waals surface area contributed by atoms with E-state index in [2.05, 4.69) is 56.4 Å². The highest BCUT2D eigenvalue weighted by Crippen LogP contribution is 2.28. The summed E-state index contributed by atoms with van der Waals surface area (Å²) in [6.45, 7) is 2.08. The standard InChI is InChI=1S/C23H19N5S/c1-15-5-4-6-17(11-15)26-22-18-12-16(9-10-19(18)24-14-25-22)13-29-23-27-20-7-2-3-8-21(20)28-23/h2-12,14H,13H2,1H3,(H,27,28)(H,24,25,26). The van der Waals surface area contributed by atoms with Crippen LogP contribution < -0.4 is 5.32 Å². The number of aryl methyl sites for hydroxylation is 1. The number of aromatic amines is 1. The molecule has 0 aliphatic rings. The molecule has 0 atom stereocenters. The Hall–Kier alpha value is -3.38. The van der Waals surface area contributed by atoms with Crippen LogP contribution in [0.2, 0.25) is 0 Å². The maximum absolute atomic E-state index is 4.64. The van der Waals surface area contributed by atoms with Crippen LogP contribution in [0, 0.1) is 6.92 Å². The van der Waals surface area contributed by atoms with Gasteiger partial charge in [0.25, 0.3) is 0 Å². The van der Waals surface area contributed by atoms with Crippen molar-refractivity contribution in [1.82, 2.24) is 19.9 Å². The molecule has 3 aromatic carbocycles. The third kappa shape index (κ3) is 3.79. The first-order valence-electron chi connectivity index (χ1n) is 9.39. The molecule has 0 aliphatic carbocycles. The molecule has 0 saturated heterocycles. The average molecular weight is 398 g/mol. The number of fused-ring (bicyclic) bond motifs is 2. The number of rotatable bonds is 5. The van der Waals surface area contributed by atoms with Gasteiger partial charge in [0.05, 0.1) is 16.6 Å². The first kappa shape index (κ1) is 17.7. The molecule has 5 rings (SSSR count). The van der Waals surface area contributed by atoms with Crippen molar-refractivity contribution in [3.63, 3.8) is 0 Å². The van der Waals surface area contributed by atoms with E-state index in [4.69, 9.17) is 0 Å². The Morgan fingerprint density at radius 3 is 2.76 bits per heavy atom. The van der Waals surface area contributed by atoms with Crippen molar-refractivity contribution in [2.24, 2.45) is 0 Å². The molecule has 0 amide bonds. The number of H-pyrrole nitrogens is 1. The van der Waals surface area contributed by atoms with E-state index in [-0.39, 0.29) is 0 Å². The predicted octanol–water partition coefficient (Wildman–Crippen LogP) is 5.85. The summed E-state index contributed by atoms with van der Waals surface area (Å²) in [5, 5.41) is 5.37. The summed E-state index contributed by atoms with van der Waals surface area (Å²) in [7, 11) is 0. The molecule has 0 spiro atoms. The van der Waals surface area contributed by atoms with Gasteiger partial charge in [-0.05, 0) is 54.4 Å². The second-order valence-corrected chi connectivity index (χ2v) is 7.88. The Morgan fingerprint density at radius 1 is 0.931 bits per heavy atom. The molecule has 2 N–H and O–H groups in total. The van der Waals surface area contributed by atoms with Gasteiger partial charge in [-0.3, -0.25) is 0 Å². The Bertz CT molecular complexity index is 1280. The maximum Gasteiger partial charge on any atom is 0.166 e. The maximum atomic E-state index is 4.64. The van der Waals surface area contributed by atoms with Gasteiger partial charge in [-0.15, -0.1) is 0 Å². The highest BCUT2D eigenvalue weighted by atomic mass is 32.2. The van der Waals surface area contributed by atoms with E-state index in [0.29, 0.717) is 0 Å². The topological polar surface area (TPSA) is 66.5 Å². The van der Waals surface area contributed by atoms with Crippen LogP contribution in [-0.2, 0) is 5.75 Å². The molecule has 6 heteroatoms. The van der Waals surface area contributed by atoms with Crippen molar-refractivity contribution in [2.45, 2.75) is 17.8 Å². The summed E-state index contributed by atoms with van der Waals surface area (Å²) in [5.41, 5.74) is 6.40. The van der Waals surface area contributed by atoms with E-state index < -0.39 is 0 Å². The Labute approximate surface area is 172 Å². The molecule has 2 heterocycles. The van der Waals surface area contributed by atoms with Crippen LogP contribution in [0.4, 0.5) is 11.5 Å². The number of thioether (sulfide) groups is 1. The fraction of sp³-hybridized carbons (Fsp3) is 0.0870. The molecule has 2 aromatic heterocycles. The van der Waals surface area contributed by atoms with E-state index in [0.717, 1.165) is 44.4 Å². The smallest absolute Gasteiger partial charge is 0.166 e. The fourth-order valence-corrected chi connectivity index (χ4v) is 4.13. The molecule has 29 heavy (non-hydrogen) atoms. The zero-order valence-corrected chi connectivity index (χ0v) is 16.7. The van der Waals surface area contributed by atoms with Gasteiger partial charge in [0, 0.05) is 16.8 Å². The average Bonchev–Trinajstić information content (AvgIpc) is 3.16. The minimum absolute atomic E-state index is 0.814. The first-order valence-corrected chi connectivity index (χ1v) is 10.4. The zero-order valence-electron chi connectivity index (χ0n) is 15.9. The minimum Gasteiger partial charge on any atom is -0.340 e. The van der Waals surface area contributed by atoms with Gasteiger partial charge >= 0.3 is 0 Å². The van der Waals surface area contributed by atoms with Crippen LogP contribution in [0.3, 0.4) is 0 Å². The van der Waals surface area contributed by atoms with Crippen molar-refractivity contribution in [3.05, 3.63) is 84.2 Å². The summed E-state index contributed by atoms with van der Waals surface area (Å²) in [5.74, 6) is 1.63. The van der Waals surface area contributed by atoms with E-state index in [1.54, 1.807) is 18.1 Å². The number of anilines is 2. The highest BCUT2D eigenvalue weighted by molar-refractivity contribution is 7.98. The van der Waals surface area contributed by atoms with Gasteiger partial charge in [-0.1, -0.05) is 42.1 Å². The Kier molecular flexibility index (Phi) is 4.62. The Balaban J connectivity index is 1.41. The van der Waals surface area contributed by atoms with Crippen LogP contribution in [0.1, 0.15) is 11.1 Å². The molecule has 5 aromatic rings. The van der Waals surface area contributed by atoms with Crippen LogP contribution in [-0.4, -0.2) is 19.9 Å². The van der Waals surface area contributed by atoms with Gasteiger partial charge in [-0.2, -0.15) is 0 Å². The van der Waals surface area contributed by atoms with Gasteiger partial charge in [0.2, 0.25) is 0 Å². The summed E-state index contributed by atoms with van der Waals surface area (Å²) in [6, 6.07) is 22.7. The lowest BCUT2D eigenvalue weighted by molar-refractivity contribution is 1.08. The molecule has 0 aliphatic heterocycles. The number of nitrogens with one attached hydrogen (secondary N) is 2. The van der Waals surface area contributed by atoms with E-state index in [9.17, 15) is 0 Å². The summed E-state index contributed by atoms with van der Waals surface area (Å²) in [6.07, 6.45) is 1.60. The number of aromatic nitrogens is 4. The summed E-state index contributed by atoms with van der Waals surface area (Å²) in [4.78, 5) is 16.9. The quantitative estimate of drug-likeness (QED) is 0.364. The van der Waals surface area contributed by atoms with E-state index >= 15 is 0 Å². The third-order valence-electron chi connectivity index (χ3n) is 4.72. The molecular weight excluding hydrogens is 378 g/mol. The molecule has 5 nitrogen and oxygen atoms in total. The monoisotopic (exact) mass is 397 g/mol. The molecular formula is C23H19N5S. The zero-order chi connectivity index (χ0) is 19.6. The van der Waals surface area contributed by atoms with Crippen molar-refractivity contribution < 1.29 is 0 Å². The largest absolute Gasteiger partial charge is 0.340 e. The van der Waals surface area contributed by atoms with Crippen molar-refractivity contribution >= 4 is 45.2 Å². The second kappa shape index (κ2) is 7.56. The van der Waals surface area contributed by atoms with Gasteiger partial charge in [-0.25, -0.2) is 15.0 Å². The lowest BCUT2D eigenvalue weighted by Crippen LogP contribution is -1.97. The second-order valence-electron chi connectivity index (χ2n) is 6.92. The molecule has 0 radical (unpaired) electrons. The fourth-order valence-electron chi connectivity index (χ4n) is 3.30. The SMILES string of the molecule is Cc1cccc(Nc2ncnc3ccc(CSc4nc5ccccc5[nH]4)cc23)c1.